The molecule has 1 unspecified atom stereocenters. The van der Waals surface area contributed by atoms with Crippen molar-refractivity contribution < 1.29 is 24.2 Å². The van der Waals surface area contributed by atoms with Crippen LogP contribution in [0.2, 0.25) is 0 Å². The fourth-order valence-corrected chi connectivity index (χ4v) is 7.12. The second-order valence-corrected chi connectivity index (χ2v) is 16.2. The van der Waals surface area contributed by atoms with Crippen LogP contribution in [-0.2, 0) is 19.1 Å². The van der Waals surface area contributed by atoms with Crippen LogP contribution in [0.15, 0.2) is 24.3 Å². The van der Waals surface area contributed by atoms with Gasteiger partial charge in [-0.25, -0.2) is 0 Å². The predicted molar refractivity (Wildman–Crippen MR) is 233 cm³/mol. The molecular formula is C49H92O5. The summed E-state index contributed by atoms with van der Waals surface area (Å²) < 4.78 is 10.6. The van der Waals surface area contributed by atoms with Gasteiger partial charge in [0.25, 0.3) is 0 Å². The minimum Gasteiger partial charge on any atom is -0.462 e. The van der Waals surface area contributed by atoms with Gasteiger partial charge in [-0.15, -0.1) is 0 Å². The summed E-state index contributed by atoms with van der Waals surface area (Å²) in [6.45, 7) is 4.14. The van der Waals surface area contributed by atoms with Crippen molar-refractivity contribution in [3.63, 3.8) is 0 Å². The number of aliphatic hydroxyl groups is 1. The third-order valence-electron chi connectivity index (χ3n) is 10.7. The number of carbonyl (C=O) groups is 2. The molecule has 0 fully saturated rings. The van der Waals surface area contributed by atoms with Gasteiger partial charge in [0.2, 0.25) is 0 Å². The van der Waals surface area contributed by atoms with Crippen molar-refractivity contribution in [2.75, 3.05) is 13.2 Å². The maximum Gasteiger partial charge on any atom is 0.306 e. The van der Waals surface area contributed by atoms with E-state index in [0.29, 0.717) is 12.8 Å². The van der Waals surface area contributed by atoms with Crippen LogP contribution in [0.3, 0.4) is 0 Å². The molecular weight excluding hydrogens is 669 g/mol. The Hall–Kier alpha value is -1.62. The summed E-state index contributed by atoms with van der Waals surface area (Å²) in [4.78, 5) is 24.3. The number of aliphatic hydroxyl groups excluding tert-OH is 1. The van der Waals surface area contributed by atoms with E-state index in [0.717, 1.165) is 44.9 Å². The topological polar surface area (TPSA) is 72.8 Å². The fourth-order valence-electron chi connectivity index (χ4n) is 7.12. The number of allylic oxidation sites excluding steroid dienone is 4. The predicted octanol–water partition coefficient (Wildman–Crippen LogP) is 15.4. The second kappa shape index (κ2) is 45.8. The van der Waals surface area contributed by atoms with Gasteiger partial charge in [-0.3, -0.25) is 9.59 Å². The van der Waals surface area contributed by atoms with Crippen molar-refractivity contribution in [3.8, 4) is 0 Å². The molecule has 0 aliphatic carbocycles. The summed E-state index contributed by atoms with van der Waals surface area (Å²) in [5.74, 6) is -0.579. The zero-order valence-corrected chi connectivity index (χ0v) is 36.3. The van der Waals surface area contributed by atoms with Crippen molar-refractivity contribution in [2.45, 2.75) is 264 Å². The highest BCUT2D eigenvalue weighted by atomic mass is 16.6. The molecule has 0 saturated heterocycles. The highest BCUT2D eigenvalue weighted by Crippen LogP contribution is 2.16. The maximum absolute atomic E-state index is 12.2. The lowest BCUT2D eigenvalue weighted by Crippen LogP contribution is -2.28. The van der Waals surface area contributed by atoms with Gasteiger partial charge in [-0.05, 0) is 44.9 Å². The Kier molecular flexibility index (Phi) is 44.4. The van der Waals surface area contributed by atoms with Gasteiger partial charge in [0.05, 0.1) is 6.61 Å². The fraction of sp³-hybridized carbons (Fsp3) is 0.878. The number of ether oxygens (including phenoxy) is 2. The number of esters is 2. The van der Waals surface area contributed by atoms with Gasteiger partial charge >= 0.3 is 11.9 Å². The van der Waals surface area contributed by atoms with E-state index < -0.39 is 6.10 Å². The quantitative estimate of drug-likeness (QED) is 0.0380. The van der Waals surface area contributed by atoms with E-state index in [1.54, 1.807) is 0 Å². The van der Waals surface area contributed by atoms with E-state index in [2.05, 4.69) is 38.2 Å². The van der Waals surface area contributed by atoms with Crippen LogP contribution < -0.4 is 0 Å². The summed E-state index contributed by atoms with van der Waals surface area (Å²) in [6.07, 6.45) is 55.6. The van der Waals surface area contributed by atoms with Gasteiger partial charge in [-0.2, -0.15) is 0 Å². The van der Waals surface area contributed by atoms with E-state index >= 15 is 0 Å². The molecule has 5 heteroatoms. The van der Waals surface area contributed by atoms with Gasteiger partial charge in [0.1, 0.15) is 6.61 Å². The minimum atomic E-state index is -0.765. The molecule has 0 spiro atoms. The Bertz CT molecular complexity index is 821. The van der Waals surface area contributed by atoms with Gasteiger partial charge in [0.15, 0.2) is 6.10 Å². The van der Waals surface area contributed by atoms with Crippen LogP contribution in [0.25, 0.3) is 0 Å². The van der Waals surface area contributed by atoms with Gasteiger partial charge in [-0.1, -0.05) is 224 Å². The normalized spacial score (nSPS) is 12.3. The van der Waals surface area contributed by atoms with E-state index in [1.165, 1.54) is 186 Å². The molecule has 0 aromatic heterocycles. The van der Waals surface area contributed by atoms with E-state index in [1.807, 2.05) is 0 Å². The number of unbranched alkanes of at least 4 members (excludes halogenated alkanes) is 32. The molecule has 1 atom stereocenters. The third kappa shape index (κ3) is 43.1. The van der Waals surface area contributed by atoms with E-state index in [-0.39, 0.29) is 25.2 Å². The van der Waals surface area contributed by atoms with E-state index in [9.17, 15) is 14.7 Å². The molecule has 0 heterocycles. The Morgan fingerprint density at radius 3 is 1.09 bits per heavy atom. The largest absolute Gasteiger partial charge is 0.462 e. The molecule has 54 heavy (non-hydrogen) atoms. The zero-order chi connectivity index (χ0) is 39.3. The maximum atomic E-state index is 12.2. The first-order valence-corrected chi connectivity index (χ1v) is 23.9. The number of hydrogen-bond donors (Lipinski definition) is 1. The third-order valence-corrected chi connectivity index (χ3v) is 10.7. The van der Waals surface area contributed by atoms with Crippen LogP contribution in [0.4, 0.5) is 0 Å². The molecule has 1 N–H and O–H groups in total. The van der Waals surface area contributed by atoms with Gasteiger partial charge < -0.3 is 14.6 Å². The molecule has 0 amide bonds. The summed E-state index contributed by atoms with van der Waals surface area (Å²) in [5.41, 5.74) is 0. The van der Waals surface area contributed by atoms with Gasteiger partial charge in [0, 0.05) is 12.8 Å². The first-order valence-electron chi connectivity index (χ1n) is 23.9. The number of carbonyl (C=O) groups excluding carboxylic acids is 2. The summed E-state index contributed by atoms with van der Waals surface area (Å²) in [7, 11) is 0. The Labute approximate surface area is 336 Å². The smallest absolute Gasteiger partial charge is 0.306 e. The first-order chi connectivity index (χ1) is 26.6. The zero-order valence-electron chi connectivity index (χ0n) is 36.3. The Morgan fingerprint density at radius 2 is 0.741 bits per heavy atom. The highest BCUT2D eigenvalue weighted by Gasteiger charge is 2.16. The molecule has 0 aliphatic rings. The van der Waals surface area contributed by atoms with Crippen molar-refractivity contribution in [2.24, 2.45) is 0 Å². The van der Waals surface area contributed by atoms with Crippen LogP contribution >= 0.6 is 0 Å². The first kappa shape index (κ1) is 52.4. The molecule has 0 aromatic carbocycles. The molecule has 0 radical (unpaired) electrons. The monoisotopic (exact) mass is 761 g/mol. The summed E-state index contributed by atoms with van der Waals surface area (Å²) in [6, 6.07) is 0. The number of rotatable bonds is 44. The average molecular weight is 761 g/mol. The molecule has 5 nitrogen and oxygen atoms in total. The lowest BCUT2D eigenvalue weighted by molar-refractivity contribution is -0.161. The second-order valence-electron chi connectivity index (χ2n) is 16.2. The van der Waals surface area contributed by atoms with Crippen LogP contribution in [0, 0.1) is 0 Å². The Morgan fingerprint density at radius 1 is 0.426 bits per heavy atom. The lowest BCUT2D eigenvalue weighted by Gasteiger charge is -2.15. The SMILES string of the molecule is CCCCCCC/C=C\C/C=C\CCCCCCCCCCCCCCCCCCCC(=O)OC(CO)COC(=O)CCCCCCCCCCCCC. The van der Waals surface area contributed by atoms with Crippen molar-refractivity contribution in [1.82, 2.24) is 0 Å². The molecule has 0 bridgehead atoms. The van der Waals surface area contributed by atoms with Crippen LogP contribution in [0.1, 0.15) is 258 Å². The summed E-state index contributed by atoms with van der Waals surface area (Å²) >= 11 is 0. The highest BCUT2D eigenvalue weighted by molar-refractivity contribution is 5.70. The van der Waals surface area contributed by atoms with Crippen molar-refractivity contribution in [1.29, 1.82) is 0 Å². The van der Waals surface area contributed by atoms with Crippen LogP contribution in [-0.4, -0.2) is 36.4 Å². The van der Waals surface area contributed by atoms with Crippen molar-refractivity contribution in [3.05, 3.63) is 24.3 Å². The van der Waals surface area contributed by atoms with Crippen molar-refractivity contribution >= 4 is 11.9 Å². The van der Waals surface area contributed by atoms with Crippen LogP contribution in [0.5, 0.6) is 0 Å². The Balaban J connectivity index is 3.42. The standard InChI is InChI=1S/C49H92O5/c1-3-5-7-9-11-13-15-16-17-18-19-20-21-22-23-24-25-26-27-28-29-30-31-32-34-36-38-40-42-44-49(52)54-47(45-50)46-53-48(51)43-41-39-37-35-33-14-12-10-8-6-4-2/h15-16,18-19,47,50H,3-14,17,20-46H2,1-2H3/b16-15-,19-18-. The minimum absolute atomic E-state index is 0.0598. The molecule has 0 rings (SSSR count). The molecule has 0 saturated carbocycles. The summed E-state index contributed by atoms with van der Waals surface area (Å²) in [5, 5.41) is 9.57. The average Bonchev–Trinajstić information content (AvgIpc) is 3.17. The molecule has 318 valence electrons. The molecule has 0 aromatic rings. The molecule has 0 aliphatic heterocycles. The lowest BCUT2D eigenvalue weighted by atomic mass is 10.0. The number of hydrogen-bond acceptors (Lipinski definition) is 5. The van der Waals surface area contributed by atoms with E-state index in [4.69, 9.17) is 9.47 Å².